The molecule has 4 heteroatoms. The van der Waals surface area contributed by atoms with E-state index < -0.39 is 0 Å². The lowest BCUT2D eigenvalue weighted by atomic mass is 10.3. The van der Waals surface area contributed by atoms with Crippen LogP contribution in [-0.2, 0) is 0 Å². The molecule has 0 saturated carbocycles. The predicted octanol–water partition coefficient (Wildman–Crippen LogP) is 3.44. The Bertz CT molecular complexity index is 311. The molecule has 1 aromatic rings. The third kappa shape index (κ3) is 4.28. The molecule has 1 atom stereocenters. The van der Waals surface area contributed by atoms with E-state index in [0.717, 1.165) is 19.6 Å². The van der Waals surface area contributed by atoms with E-state index in [-0.39, 0.29) is 0 Å². The molecule has 0 spiro atoms. The molecule has 0 bridgehead atoms. The molecule has 0 amide bonds. The van der Waals surface area contributed by atoms with Crippen molar-refractivity contribution in [2.75, 3.05) is 24.5 Å². The summed E-state index contributed by atoms with van der Waals surface area (Å²) in [7, 11) is 0. The van der Waals surface area contributed by atoms with Crippen LogP contribution in [0.25, 0.3) is 0 Å². The number of unbranched alkanes of at least 4 members (excludes halogenated alkanes) is 1. The monoisotopic (exact) mass is 255 g/mol. The first-order chi connectivity index (χ1) is 8.22. The highest BCUT2D eigenvalue weighted by Gasteiger charge is 2.12. The summed E-state index contributed by atoms with van der Waals surface area (Å²) < 4.78 is 0. The highest BCUT2D eigenvalue weighted by molar-refractivity contribution is 7.15. The number of hydrogen-bond donors (Lipinski definition) is 1. The molecule has 98 valence electrons. The number of nitrogens with one attached hydrogen (secondary N) is 1. The van der Waals surface area contributed by atoms with Crippen LogP contribution in [0.2, 0.25) is 0 Å². The topological polar surface area (TPSA) is 28.2 Å². The number of anilines is 1. The van der Waals surface area contributed by atoms with Crippen LogP contribution in [0.3, 0.4) is 0 Å². The van der Waals surface area contributed by atoms with Gasteiger partial charge in [0, 0.05) is 30.2 Å². The van der Waals surface area contributed by atoms with E-state index in [0.29, 0.717) is 6.04 Å². The molecule has 3 nitrogen and oxygen atoms in total. The summed E-state index contributed by atoms with van der Waals surface area (Å²) in [5.41, 5.74) is 0. The van der Waals surface area contributed by atoms with Crippen molar-refractivity contribution >= 4 is 16.5 Å². The van der Waals surface area contributed by atoms with Crippen LogP contribution in [-0.4, -0.2) is 24.6 Å². The van der Waals surface area contributed by atoms with Crippen LogP contribution in [0.1, 0.15) is 51.5 Å². The first-order valence-electron chi connectivity index (χ1n) is 6.66. The van der Waals surface area contributed by atoms with Gasteiger partial charge in [0.2, 0.25) is 0 Å². The first kappa shape index (κ1) is 14.5. The van der Waals surface area contributed by atoms with E-state index in [9.17, 15) is 0 Å². The van der Waals surface area contributed by atoms with E-state index in [1.54, 1.807) is 0 Å². The highest BCUT2D eigenvalue weighted by atomic mass is 32.1. The maximum Gasteiger partial charge on any atom is 0.185 e. The SMILES string of the molecule is CCCCN(CC)c1ncc(C(C)NCC)s1. The van der Waals surface area contributed by atoms with Gasteiger partial charge < -0.3 is 10.2 Å². The van der Waals surface area contributed by atoms with E-state index >= 15 is 0 Å². The summed E-state index contributed by atoms with van der Waals surface area (Å²) in [5.74, 6) is 0. The average molecular weight is 255 g/mol. The Balaban J connectivity index is 2.64. The van der Waals surface area contributed by atoms with Crippen LogP contribution in [0.5, 0.6) is 0 Å². The molecule has 0 saturated heterocycles. The van der Waals surface area contributed by atoms with Gasteiger partial charge in [0.25, 0.3) is 0 Å². The van der Waals surface area contributed by atoms with Gasteiger partial charge in [-0.15, -0.1) is 11.3 Å². The van der Waals surface area contributed by atoms with Crippen molar-refractivity contribution in [1.82, 2.24) is 10.3 Å². The summed E-state index contributed by atoms with van der Waals surface area (Å²) in [4.78, 5) is 8.25. The Morgan fingerprint density at radius 1 is 1.41 bits per heavy atom. The van der Waals surface area contributed by atoms with Crippen molar-refractivity contribution < 1.29 is 0 Å². The van der Waals surface area contributed by atoms with Crippen LogP contribution in [0.15, 0.2) is 6.20 Å². The van der Waals surface area contributed by atoms with Crippen molar-refractivity contribution in [3.05, 3.63) is 11.1 Å². The summed E-state index contributed by atoms with van der Waals surface area (Å²) in [6.45, 7) is 11.9. The van der Waals surface area contributed by atoms with E-state index in [2.05, 4.69) is 42.9 Å². The minimum atomic E-state index is 0.413. The average Bonchev–Trinajstić information content (AvgIpc) is 2.80. The molecule has 1 heterocycles. The minimum absolute atomic E-state index is 0.413. The first-order valence-corrected chi connectivity index (χ1v) is 7.48. The quantitative estimate of drug-likeness (QED) is 0.771. The Kier molecular flexibility index (Phi) is 6.52. The second-order valence-electron chi connectivity index (χ2n) is 4.26. The van der Waals surface area contributed by atoms with Gasteiger partial charge in [-0.25, -0.2) is 4.98 Å². The van der Waals surface area contributed by atoms with E-state index in [1.807, 2.05) is 17.5 Å². The summed E-state index contributed by atoms with van der Waals surface area (Å²) >= 11 is 1.82. The Labute approximate surface area is 109 Å². The maximum absolute atomic E-state index is 4.55. The van der Waals surface area contributed by atoms with Crippen molar-refractivity contribution in [3.8, 4) is 0 Å². The fraction of sp³-hybridized carbons (Fsp3) is 0.769. The second kappa shape index (κ2) is 7.67. The molecule has 0 aliphatic rings. The van der Waals surface area contributed by atoms with Crippen molar-refractivity contribution in [2.24, 2.45) is 0 Å². The lowest BCUT2D eigenvalue weighted by molar-refractivity contribution is 0.606. The highest BCUT2D eigenvalue weighted by Crippen LogP contribution is 2.27. The largest absolute Gasteiger partial charge is 0.348 e. The Morgan fingerprint density at radius 3 is 2.76 bits per heavy atom. The summed E-state index contributed by atoms with van der Waals surface area (Å²) in [6.07, 6.45) is 4.50. The third-order valence-corrected chi connectivity index (χ3v) is 4.12. The number of rotatable bonds is 8. The lowest BCUT2D eigenvalue weighted by Gasteiger charge is -2.19. The molecule has 0 fully saturated rings. The van der Waals surface area contributed by atoms with Crippen LogP contribution < -0.4 is 10.2 Å². The van der Waals surface area contributed by atoms with Crippen molar-refractivity contribution in [3.63, 3.8) is 0 Å². The van der Waals surface area contributed by atoms with Crippen LogP contribution in [0, 0.1) is 0 Å². The zero-order valence-electron chi connectivity index (χ0n) is 11.5. The minimum Gasteiger partial charge on any atom is -0.348 e. The van der Waals surface area contributed by atoms with Gasteiger partial charge in [0.1, 0.15) is 0 Å². The molecule has 17 heavy (non-hydrogen) atoms. The molecule has 0 aliphatic carbocycles. The number of hydrogen-bond acceptors (Lipinski definition) is 4. The molecule has 0 aromatic carbocycles. The second-order valence-corrected chi connectivity index (χ2v) is 5.30. The normalized spacial score (nSPS) is 12.7. The number of thiazole rings is 1. The number of nitrogens with zero attached hydrogens (tertiary/aromatic N) is 2. The van der Waals surface area contributed by atoms with Crippen molar-refractivity contribution in [2.45, 2.75) is 46.6 Å². The predicted molar refractivity (Wildman–Crippen MR) is 77.0 cm³/mol. The number of aromatic nitrogens is 1. The van der Waals surface area contributed by atoms with Gasteiger partial charge >= 0.3 is 0 Å². The van der Waals surface area contributed by atoms with Crippen LogP contribution in [0.4, 0.5) is 5.13 Å². The maximum atomic E-state index is 4.55. The van der Waals surface area contributed by atoms with Gasteiger partial charge in [-0.05, 0) is 26.8 Å². The molecular weight excluding hydrogens is 230 g/mol. The summed E-state index contributed by atoms with van der Waals surface area (Å²) in [6, 6.07) is 0.413. The summed E-state index contributed by atoms with van der Waals surface area (Å²) in [5, 5.41) is 4.59. The van der Waals surface area contributed by atoms with Gasteiger partial charge in [0.15, 0.2) is 5.13 Å². The molecule has 1 unspecified atom stereocenters. The molecular formula is C13H25N3S. The van der Waals surface area contributed by atoms with Gasteiger partial charge in [-0.1, -0.05) is 20.3 Å². The zero-order valence-corrected chi connectivity index (χ0v) is 12.3. The van der Waals surface area contributed by atoms with Crippen molar-refractivity contribution in [1.29, 1.82) is 0 Å². The lowest BCUT2D eigenvalue weighted by Crippen LogP contribution is -2.23. The molecule has 1 N–H and O–H groups in total. The Hall–Kier alpha value is -0.610. The molecule has 1 aromatic heterocycles. The smallest absolute Gasteiger partial charge is 0.185 e. The van der Waals surface area contributed by atoms with E-state index in [1.165, 1.54) is 22.9 Å². The third-order valence-electron chi connectivity index (χ3n) is 2.88. The fourth-order valence-electron chi connectivity index (χ4n) is 1.77. The van der Waals surface area contributed by atoms with Gasteiger partial charge in [-0.2, -0.15) is 0 Å². The van der Waals surface area contributed by atoms with Gasteiger partial charge in [0.05, 0.1) is 0 Å². The van der Waals surface area contributed by atoms with Crippen LogP contribution >= 0.6 is 11.3 Å². The van der Waals surface area contributed by atoms with E-state index in [4.69, 9.17) is 0 Å². The molecule has 1 rings (SSSR count). The standard InChI is InChI=1S/C13H25N3S/c1-5-8-9-16(7-3)13-15-10-12(17-13)11(4)14-6-2/h10-11,14H,5-9H2,1-4H3. The molecule has 0 aliphatic heterocycles. The molecule has 0 radical (unpaired) electrons. The zero-order chi connectivity index (χ0) is 12.7. The Morgan fingerprint density at radius 2 is 2.18 bits per heavy atom. The fourth-order valence-corrected chi connectivity index (χ4v) is 2.80. The van der Waals surface area contributed by atoms with Gasteiger partial charge in [-0.3, -0.25) is 0 Å².